The minimum atomic E-state index is -4.47. The molecule has 2 aromatic heterocycles. The Hall–Kier alpha value is -3.36. The molecule has 134 valence electrons. The van der Waals surface area contributed by atoms with E-state index < -0.39 is 23.3 Å². The minimum Gasteiger partial charge on any atom is -0.504 e. The number of hydrogen-bond donors (Lipinski definition) is 2. The molecule has 6 nitrogen and oxygen atoms in total. The summed E-state index contributed by atoms with van der Waals surface area (Å²) in [5.74, 6) is -1.31. The lowest BCUT2D eigenvalue weighted by molar-refractivity contribution is -0.138. The number of allylic oxidation sites excluding steroid dienone is 1. The van der Waals surface area contributed by atoms with Gasteiger partial charge in [0.15, 0.2) is 11.5 Å². The summed E-state index contributed by atoms with van der Waals surface area (Å²) >= 11 is 0. The van der Waals surface area contributed by atoms with Crippen LogP contribution in [-0.4, -0.2) is 26.1 Å². The monoisotopic (exact) mass is 363 g/mol. The largest absolute Gasteiger partial charge is 0.504 e. The van der Waals surface area contributed by atoms with E-state index in [0.29, 0.717) is 5.56 Å². The van der Waals surface area contributed by atoms with Gasteiger partial charge >= 0.3 is 6.18 Å². The lowest BCUT2D eigenvalue weighted by Crippen LogP contribution is -2.09. The molecule has 0 saturated carbocycles. The number of rotatable bonds is 5. The number of nitrogens with one attached hydrogen (secondary N) is 1. The summed E-state index contributed by atoms with van der Waals surface area (Å²) in [6, 6.07) is 6.52. The van der Waals surface area contributed by atoms with Crippen molar-refractivity contribution in [2.45, 2.75) is 12.6 Å². The number of nitrogens with zero attached hydrogens (tertiary/aromatic N) is 2. The molecule has 0 aliphatic rings. The zero-order valence-corrected chi connectivity index (χ0v) is 13.1. The summed E-state index contributed by atoms with van der Waals surface area (Å²) in [5, 5.41) is 15.7. The Balaban J connectivity index is 1.79. The quantitative estimate of drug-likeness (QED) is 0.409. The first-order valence-electron chi connectivity index (χ1n) is 7.38. The number of benzene rings is 1. The summed E-state index contributed by atoms with van der Waals surface area (Å²) < 4.78 is 44.2. The smallest absolute Gasteiger partial charge is 0.416 e. The maximum atomic E-state index is 13.0. The number of halogens is 3. The van der Waals surface area contributed by atoms with Crippen molar-refractivity contribution in [1.82, 2.24) is 15.2 Å². The Morgan fingerprint density at radius 3 is 2.77 bits per heavy atom. The maximum absolute atomic E-state index is 13.0. The van der Waals surface area contributed by atoms with Crippen molar-refractivity contribution in [2.24, 2.45) is 0 Å². The van der Waals surface area contributed by atoms with Crippen LogP contribution in [0.25, 0.3) is 5.76 Å². The second-order valence-electron chi connectivity index (χ2n) is 5.37. The van der Waals surface area contributed by atoms with Crippen molar-refractivity contribution >= 4 is 11.5 Å². The molecule has 3 aromatic rings. The number of carbonyl (C=O) groups is 1. The highest BCUT2D eigenvalue weighted by Gasteiger charge is 2.32. The molecule has 0 radical (unpaired) electrons. The van der Waals surface area contributed by atoms with Gasteiger partial charge in [-0.05, 0) is 23.3 Å². The van der Waals surface area contributed by atoms with Gasteiger partial charge in [0.05, 0.1) is 11.8 Å². The van der Waals surface area contributed by atoms with Gasteiger partial charge in [0.1, 0.15) is 6.33 Å². The van der Waals surface area contributed by atoms with Crippen molar-refractivity contribution in [3.8, 4) is 0 Å². The molecule has 0 bridgehead atoms. The van der Waals surface area contributed by atoms with Crippen LogP contribution >= 0.6 is 0 Å². The van der Waals surface area contributed by atoms with Crippen LogP contribution in [0.1, 0.15) is 33.1 Å². The molecule has 0 fully saturated rings. The Bertz CT molecular complexity index is 944. The number of alkyl halides is 3. The van der Waals surface area contributed by atoms with E-state index in [2.05, 4.69) is 15.2 Å². The van der Waals surface area contributed by atoms with Crippen molar-refractivity contribution in [2.75, 3.05) is 0 Å². The molecule has 2 N–H and O–H groups in total. The molecule has 0 aliphatic carbocycles. The second-order valence-corrected chi connectivity index (χ2v) is 5.37. The molecule has 1 aromatic carbocycles. The first-order chi connectivity index (χ1) is 12.3. The van der Waals surface area contributed by atoms with Crippen LogP contribution in [0.15, 0.2) is 53.4 Å². The fourth-order valence-corrected chi connectivity index (χ4v) is 2.36. The number of aliphatic hydroxyl groups excluding tert-OH is 1. The third-order valence-electron chi connectivity index (χ3n) is 3.53. The molecule has 2 heterocycles. The van der Waals surface area contributed by atoms with Crippen LogP contribution in [-0.2, 0) is 12.6 Å². The molecule has 26 heavy (non-hydrogen) atoms. The van der Waals surface area contributed by atoms with E-state index in [9.17, 15) is 23.1 Å². The first-order valence-corrected chi connectivity index (χ1v) is 7.38. The van der Waals surface area contributed by atoms with Crippen molar-refractivity contribution in [3.63, 3.8) is 0 Å². The van der Waals surface area contributed by atoms with E-state index in [1.165, 1.54) is 36.9 Å². The van der Waals surface area contributed by atoms with E-state index >= 15 is 0 Å². The van der Waals surface area contributed by atoms with E-state index in [-0.39, 0.29) is 23.6 Å². The highest BCUT2D eigenvalue weighted by atomic mass is 19.4. The van der Waals surface area contributed by atoms with Crippen LogP contribution in [0.3, 0.4) is 0 Å². The van der Waals surface area contributed by atoms with Gasteiger partial charge in [-0.15, -0.1) is 0 Å². The summed E-state index contributed by atoms with van der Waals surface area (Å²) in [7, 11) is 0. The molecule has 0 spiro atoms. The molecule has 0 atom stereocenters. The van der Waals surface area contributed by atoms with Gasteiger partial charge in [0.25, 0.3) is 0 Å². The van der Waals surface area contributed by atoms with Gasteiger partial charge in [-0.3, -0.25) is 9.89 Å². The van der Waals surface area contributed by atoms with Gasteiger partial charge < -0.3 is 9.52 Å². The predicted octanol–water partition coefficient (Wildman–Crippen LogP) is 3.79. The molecule has 0 saturated heterocycles. The number of aromatic nitrogens is 3. The maximum Gasteiger partial charge on any atom is 0.416 e. The zero-order chi connectivity index (χ0) is 18.7. The summed E-state index contributed by atoms with van der Waals surface area (Å²) in [6.45, 7) is 0. The topological polar surface area (TPSA) is 92.0 Å². The summed E-state index contributed by atoms with van der Waals surface area (Å²) in [6.07, 6.45) is -1.21. The van der Waals surface area contributed by atoms with E-state index in [1.54, 1.807) is 0 Å². The molecule has 9 heteroatoms. The number of aliphatic hydroxyl groups is 1. The molecular formula is C17H12F3N3O3. The average Bonchev–Trinajstić information content (AvgIpc) is 3.26. The van der Waals surface area contributed by atoms with Crippen molar-refractivity contribution in [1.29, 1.82) is 0 Å². The van der Waals surface area contributed by atoms with Crippen LogP contribution < -0.4 is 0 Å². The molecule has 0 amide bonds. The number of hydrogen-bond acceptors (Lipinski definition) is 5. The molecule has 3 rings (SSSR count). The normalized spacial score (nSPS) is 12.3. The van der Waals surface area contributed by atoms with Gasteiger partial charge in [-0.1, -0.05) is 18.2 Å². The third kappa shape index (κ3) is 3.82. The Morgan fingerprint density at radius 1 is 1.31 bits per heavy atom. The predicted molar refractivity (Wildman–Crippen MR) is 84.3 cm³/mol. The van der Waals surface area contributed by atoms with E-state index in [4.69, 9.17) is 4.42 Å². The standard InChI is InChI=1S/C17H12F3N3O3/c18-17(19,20)12-4-2-1-3-11(12)5-10-6-15(26-8-10)13(24)7-14(25)16-21-9-22-23-16/h1-4,6-9,25H,5H2,(H,21,22,23). The van der Waals surface area contributed by atoms with Gasteiger partial charge in [0, 0.05) is 12.5 Å². The first kappa shape index (κ1) is 17.5. The molecule has 0 aliphatic heterocycles. The lowest BCUT2D eigenvalue weighted by atomic mass is 10.0. The van der Waals surface area contributed by atoms with E-state index in [0.717, 1.165) is 12.1 Å². The third-order valence-corrected chi connectivity index (χ3v) is 3.53. The van der Waals surface area contributed by atoms with Crippen LogP contribution in [0.4, 0.5) is 13.2 Å². The summed E-state index contributed by atoms with van der Waals surface area (Å²) in [5.41, 5.74) is -0.272. The number of carbonyl (C=O) groups excluding carboxylic acids is 1. The number of H-pyrrole nitrogens is 1. The van der Waals surface area contributed by atoms with Crippen molar-refractivity contribution < 1.29 is 27.5 Å². The number of ketones is 1. The zero-order valence-electron chi connectivity index (χ0n) is 13.1. The SMILES string of the molecule is O=C(C=C(O)c1nc[nH]n1)c1cc(Cc2ccccc2C(F)(F)F)co1. The second kappa shape index (κ2) is 6.87. The average molecular weight is 363 g/mol. The minimum absolute atomic E-state index is 0.0525. The van der Waals surface area contributed by atoms with Gasteiger partial charge in [0.2, 0.25) is 11.6 Å². The number of furan rings is 1. The van der Waals surface area contributed by atoms with Gasteiger partial charge in [-0.25, -0.2) is 4.98 Å². The van der Waals surface area contributed by atoms with Crippen LogP contribution in [0.5, 0.6) is 0 Å². The summed E-state index contributed by atoms with van der Waals surface area (Å²) in [4.78, 5) is 15.7. The van der Waals surface area contributed by atoms with Gasteiger partial charge in [-0.2, -0.15) is 18.3 Å². The fraction of sp³-hybridized carbons (Fsp3) is 0.118. The van der Waals surface area contributed by atoms with E-state index in [1.807, 2.05) is 0 Å². The Morgan fingerprint density at radius 2 is 2.08 bits per heavy atom. The Kier molecular flexibility index (Phi) is 4.61. The molecule has 0 unspecified atom stereocenters. The van der Waals surface area contributed by atoms with Crippen LogP contribution in [0.2, 0.25) is 0 Å². The highest BCUT2D eigenvalue weighted by molar-refractivity contribution is 6.05. The van der Waals surface area contributed by atoms with Crippen LogP contribution in [0, 0.1) is 0 Å². The van der Waals surface area contributed by atoms with Crippen molar-refractivity contribution in [3.05, 3.63) is 77.3 Å². The fourth-order valence-electron chi connectivity index (χ4n) is 2.36. The molecular weight excluding hydrogens is 351 g/mol. The Labute approximate surface area is 145 Å². The lowest BCUT2D eigenvalue weighted by Gasteiger charge is -2.11. The highest BCUT2D eigenvalue weighted by Crippen LogP contribution is 2.33. The number of aromatic amines is 1.